The molecule has 0 aromatic carbocycles. The predicted molar refractivity (Wildman–Crippen MR) is 321 cm³/mol. The number of ether oxygens (including phenoxy) is 2. The Labute approximate surface area is 462 Å². The predicted octanol–water partition coefficient (Wildman–Crippen LogP) is 20.1. The van der Waals surface area contributed by atoms with Gasteiger partial charge in [0.05, 0.1) is 13.2 Å². The first-order valence-corrected chi connectivity index (χ1v) is 32.9. The number of nitrogens with two attached hydrogens (primary N) is 1. The van der Waals surface area contributed by atoms with Crippen molar-refractivity contribution in [3.63, 3.8) is 0 Å². The fourth-order valence-electron chi connectivity index (χ4n) is 8.95. The van der Waals surface area contributed by atoms with Gasteiger partial charge in [0.15, 0.2) is 6.10 Å². The summed E-state index contributed by atoms with van der Waals surface area (Å²) in [5.41, 5.74) is 5.38. The Morgan fingerprint density at radius 1 is 0.413 bits per heavy atom. The van der Waals surface area contributed by atoms with E-state index in [2.05, 4.69) is 86.8 Å². The second kappa shape index (κ2) is 60.7. The maximum absolute atomic E-state index is 12.7. The summed E-state index contributed by atoms with van der Waals surface area (Å²) in [5, 5.41) is 0. The Bertz CT molecular complexity index is 1460. The summed E-state index contributed by atoms with van der Waals surface area (Å²) in [4.78, 5) is 35.2. The van der Waals surface area contributed by atoms with Crippen LogP contribution >= 0.6 is 7.82 Å². The molecule has 0 aliphatic heterocycles. The number of phosphoric ester groups is 1. The van der Waals surface area contributed by atoms with Crippen molar-refractivity contribution in [1.82, 2.24) is 0 Å². The molecule has 0 aliphatic rings. The smallest absolute Gasteiger partial charge is 0.462 e. The van der Waals surface area contributed by atoms with Crippen LogP contribution in [0.2, 0.25) is 0 Å². The molecular weight excluding hydrogens is 954 g/mol. The lowest BCUT2D eigenvalue weighted by Gasteiger charge is -2.19. The van der Waals surface area contributed by atoms with Crippen LogP contribution in [0.4, 0.5) is 0 Å². The van der Waals surface area contributed by atoms with Crippen LogP contribution in [-0.4, -0.2) is 49.3 Å². The van der Waals surface area contributed by atoms with Crippen LogP contribution in [-0.2, 0) is 32.7 Å². The first-order valence-electron chi connectivity index (χ1n) is 31.4. The van der Waals surface area contributed by atoms with E-state index in [1.54, 1.807) is 0 Å². The number of unbranched alkanes of at least 4 members (excludes halogenated alkanes) is 34. The van der Waals surface area contributed by atoms with Gasteiger partial charge in [-0.1, -0.05) is 273 Å². The number of hydrogen-bond acceptors (Lipinski definition) is 8. The molecule has 10 heteroatoms. The minimum absolute atomic E-state index is 0.0492. The first-order chi connectivity index (χ1) is 36.8. The highest BCUT2D eigenvalue weighted by Gasteiger charge is 2.26. The van der Waals surface area contributed by atoms with E-state index in [-0.39, 0.29) is 38.6 Å². The summed E-state index contributed by atoms with van der Waals surface area (Å²) in [6, 6.07) is 0. The van der Waals surface area contributed by atoms with Crippen LogP contribution < -0.4 is 5.73 Å². The van der Waals surface area contributed by atoms with E-state index in [0.29, 0.717) is 6.42 Å². The van der Waals surface area contributed by atoms with Crippen molar-refractivity contribution in [3.8, 4) is 0 Å². The third-order valence-electron chi connectivity index (χ3n) is 13.6. The van der Waals surface area contributed by atoms with Crippen LogP contribution in [0.15, 0.2) is 72.9 Å². The van der Waals surface area contributed by atoms with Gasteiger partial charge in [-0.3, -0.25) is 18.6 Å². The van der Waals surface area contributed by atoms with Gasteiger partial charge in [0.25, 0.3) is 0 Å². The molecule has 436 valence electrons. The van der Waals surface area contributed by atoms with Crippen molar-refractivity contribution in [2.45, 2.75) is 302 Å². The number of phosphoric acid groups is 1. The van der Waals surface area contributed by atoms with Gasteiger partial charge < -0.3 is 20.1 Å². The Hall–Kier alpha value is -2.55. The lowest BCUT2D eigenvalue weighted by atomic mass is 10.0. The number of carbonyl (C=O) groups excluding carboxylic acids is 2. The normalized spacial score (nSPS) is 13.5. The summed E-state index contributed by atoms with van der Waals surface area (Å²) < 4.78 is 33.0. The topological polar surface area (TPSA) is 134 Å². The average molecular weight is 1070 g/mol. The number of carbonyl (C=O) groups is 2. The third kappa shape index (κ3) is 60.5. The molecule has 2 unspecified atom stereocenters. The summed E-state index contributed by atoms with van der Waals surface area (Å²) in [7, 11) is -4.39. The van der Waals surface area contributed by atoms with E-state index in [9.17, 15) is 19.0 Å². The van der Waals surface area contributed by atoms with E-state index >= 15 is 0 Å². The average Bonchev–Trinajstić information content (AvgIpc) is 3.40. The zero-order valence-corrected chi connectivity index (χ0v) is 49.7. The standard InChI is InChI=1S/C65H118NO8P/c1-3-5-7-9-11-13-15-17-19-21-23-24-25-26-27-28-29-30-31-32-33-34-35-36-37-38-40-41-43-45-47-49-51-53-55-57-64(67)71-61-63(62-73-75(69,70)72-60-59-66)74-65(68)58-56-54-52-50-48-46-44-42-39-22-20-18-16-14-12-10-8-6-4-2/h6,8,12,14-15,17-18,20-21,23,39,42,63H,3-5,7,9-11,13,16,19,22,24-38,40-41,43-62,66H2,1-2H3,(H,69,70)/b8-6-,14-12-,17-15-,20-18-,23-21-,42-39-. The zero-order valence-electron chi connectivity index (χ0n) is 48.8. The van der Waals surface area contributed by atoms with Crippen molar-refractivity contribution < 1.29 is 37.6 Å². The number of rotatable bonds is 59. The molecule has 0 fully saturated rings. The SMILES string of the molecule is CC/C=C\C/C=C\C/C=C\C/C=C\CCCCCCCCC(=O)OC(COC(=O)CCCCCCCCCCCCCCCCCCCCCCCCC/C=C\C/C=C\CCCCCCC)COP(=O)(O)OCCN. The summed E-state index contributed by atoms with van der Waals surface area (Å²) in [6.07, 6.45) is 78.4. The highest BCUT2D eigenvalue weighted by Crippen LogP contribution is 2.43. The molecule has 3 N–H and O–H groups in total. The Morgan fingerprint density at radius 2 is 0.733 bits per heavy atom. The minimum Gasteiger partial charge on any atom is -0.462 e. The summed E-state index contributed by atoms with van der Waals surface area (Å²) in [5.74, 6) is -0.836. The monoisotopic (exact) mass is 1070 g/mol. The maximum atomic E-state index is 12.7. The quantitative estimate of drug-likeness (QED) is 0.0264. The molecule has 75 heavy (non-hydrogen) atoms. The number of hydrogen-bond donors (Lipinski definition) is 2. The Morgan fingerprint density at radius 3 is 1.09 bits per heavy atom. The van der Waals surface area contributed by atoms with Crippen molar-refractivity contribution in [2.75, 3.05) is 26.4 Å². The summed E-state index contributed by atoms with van der Waals surface area (Å²) in [6.45, 7) is 3.63. The first kappa shape index (κ1) is 72.5. The molecule has 0 rings (SSSR count). The lowest BCUT2D eigenvalue weighted by Crippen LogP contribution is -2.29. The molecule has 0 saturated heterocycles. The molecule has 0 bridgehead atoms. The van der Waals surface area contributed by atoms with Gasteiger partial charge in [-0.25, -0.2) is 4.57 Å². The van der Waals surface area contributed by atoms with Crippen LogP contribution in [0.3, 0.4) is 0 Å². The van der Waals surface area contributed by atoms with Crippen LogP contribution in [0.1, 0.15) is 296 Å². The van der Waals surface area contributed by atoms with Crippen molar-refractivity contribution >= 4 is 19.8 Å². The molecular formula is C65H118NO8P. The van der Waals surface area contributed by atoms with Crippen LogP contribution in [0.5, 0.6) is 0 Å². The van der Waals surface area contributed by atoms with Gasteiger partial charge in [0, 0.05) is 19.4 Å². The maximum Gasteiger partial charge on any atom is 0.472 e. The van der Waals surface area contributed by atoms with Crippen LogP contribution in [0, 0.1) is 0 Å². The fourth-order valence-corrected chi connectivity index (χ4v) is 9.72. The van der Waals surface area contributed by atoms with Crippen molar-refractivity contribution in [1.29, 1.82) is 0 Å². The van der Waals surface area contributed by atoms with Gasteiger partial charge in [0.2, 0.25) is 0 Å². The van der Waals surface area contributed by atoms with E-state index in [1.807, 2.05) is 0 Å². The Balaban J connectivity index is 3.84. The van der Waals surface area contributed by atoms with E-state index in [4.69, 9.17) is 24.3 Å². The molecule has 0 aliphatic carbocycles. The van der Waals surface area contributed by atoms with Gasteiger partial charge in [0.1, 0.15) is 6.61 Å². The van der Waals surface area contributed by atoms with E-state index in [1.165, 1.54) is 173 Å². The van der Waals surface area contributed by atoms with Gasteiger partial charge >= 0.3 is 19.8 Å². The van der Waals surface area contributed by atoms with Gasteiger partial charge in [-0.15, -0.1) is 0 Å². The lowest BCUT2D eigenvalue weighted by molar-refractivity contribution is -0.161. The van der Waals surface area contributed by atoms with E-state index < -0.39 is 26.5 Å². The molecule has 0 spiro atoms. The second-order valence-corrected chi connectivity index (χ2v) is 22.3. The molecule has 2 atom stereocenters. The molecule has 0 amide bonds. The van der Waals surface area contributed by atoms with Gasteiger partial charge in [-0.05, 0) is 83.5 Å². The second-order valence-electron chi connectivity index (χ2n) is 20.9. The highest BCUT2D eigenvalue weighted by atomic mass is 31.2. The van der Waals surface area contributed by atoms with Crippen molar-refractivity contribution in [3.05, 3.63) is 72.9 Å². The number of esters is 2. The van der Waals surface area contributed by atoms with E-state index in [0.717, 1.165) is 89.9 Å². The third-order valence-corrected chi connectivity index (χ3v) is 14.6. The molecule has 0 aromatic heterocycles. The van der Waals surface area contributed by atoms with Crippen molar-refractivity contribution in [2.24, 2.45) is 5.73 Å². The molecule has 0 saturated carbocycles. The molecule has 0 aromatic rings. The molecule has 9 nitrogen and oxygen atoms in total. The highest BCUT2D eigenvalue weighted by molar-refractivity contribution is 7.47. The fraction of sp³-hybridized carbons (Fsp3) is 0.785. The number of allylic oxidation sites excluding steroid dienone is 12. The largest absolute Gasteiger partial charge is 0.472 e. The molecule has 0 heterocycles. The summed E-state index contributed by atoms with van der Waals surface area (Å²) >= 11 is 0. The van der Waals surface area contributed by atoms with Crippen LogP contribution in [0.25, 0.3) is 0 Å². The minimum atomic E-state index is -4.39. The molecule has 0 radical (unpaired) electrons. The zero-order chi connectivity index (χ0) is 54.5. The van der Waals surface area contributed by atoms with Gasteiger partial charge in [-0.2, -0.15) is 0 Å². The Kier molecular flexibility index (Phi) is 58.6.